The summed E-state index contributed by atoms with van der Waals surface area (Å²) in [5.41, 5.74) is 5.78. The maximum absolute atomic E-state index is 12.5. The Balaban J connectivity index is 1.53. The normalized spacial score (nSPS) is 21.2. The van der Waals surface area contributed by atoms with E-state index in [-0.39, 0.29) is 17.9 Å². The van der Waals surface area contributed by atoms with Crippen molar-refractivity contribution in [2.75, 3.05) is 23.8 Å². The molecule has 138 valence electrons. The molecule has 2 aliphatic rings. The number of benzene rings is 2. The molecule has 5 nitrogen and oxygen atoms in total. The number of aromatic nitrogens is 1. The van der Waals surface area contributed by atoms with Crippen LogP contribution < -0.4 is 15.5 Å². The second-order valence-corrected chi connectivity index (χ2v) is 7.63. The summed E-state index contributed by atoms with van der Waals surface area (Å²) in [4.78, 5) is 18.3. The van der Waals surface area contributed by atoms with Crippen LogP contribution in [0.4, 0.5) is 17.2 Å². The number of H-pyrrole nitrogens is 1. The van der Waals surface area contributed by atoms with E-state index < -0.39 is 0 Å². The van der Waals surface area contributed by atoms with Gasteiger partial charge in [0.25, 0.3) is 0 Å². The van der Waals surface area contributed by atoms with Crippen molar-refractivity contribution in [2.45, 2.75) is 31.7 Å². The van der Waals surface area contributed by atoms with Crippen molar-refractivity contribution in [1.82, 2.24) is 10.3 Å². The predicted molar refractivity (Wildman–Crippen MR) is 110 cm³/mol. The lowest BCUT2D eigenvalue weighted by atomic mass is 9.87. The molecule has 3 N–H and O–H groups in total. The largest absolute Gasteiger partial charge is 0.341 e. The lowest BCUT2D eigenvalue weighted by molar-refractivity contribution is -0.117. The minimum absolute atomic E-state index is 0.0667. The van der Waals surface area contributed by atoms with Crippen molar-refractivity contribution >= 4 is 34.0 Å². The number of para-hydroxylation sites is 1. The molecule has 2 atom stereocenters. The fourth-order valence-corrected chi connectivity index (χ4v) is 4.55. The van der Waals surface area contributed by atoms with Gasteiger partial charge in [-0.1, -0.05) is 25.1 Å². The summed E-state index contributed by atoms with van der Waals surface area (Å²) in [7, 11) is 2.10. The second kappa shape index (κ2) is 6.13. The van der Waals surface area contributed by atoms with Gasteiger partial charge in [-0.05, 0) is 49.2 Å². The van der Waals surface area contributed by atoms with Gasteiger partial charge in [0, 0.05) is 40.8 Å². The Labute approximate surface area is 158 Å². The number of amides is 1. The monoisotopic (exact) mass is 360 g/mol. The Bertz CT molecular complexity index is 1030. The van der Waals surface area contributed by atoms with Gasteiger partial charge in [0.05, 0.1) is 6.04 Å². The van der Waals surface area contributed by atoms with Crippen LogP contribution in [0.25, 0.3) is 10.9 Å². The first kappa shape index (κ1) is 16.4. The number of hydrogen-bond donors (Lipinski definition) is 3. The number of nitrogens with zero attached hydrogens (tertiary/aromatic N) is 1. The fourth-order valence-electron chi connectivity index (χ4n) is 4.55. The minimum atomic E-state index is -0.0682. The third-order valence-electron chi connectivity index (χ3n) is 5.99. The molecule has 5 rings (SSSR count). The first-order chi connectivity index (χ1) is 13.1. The van der Waals surface area contributed by atoms with Gasteiger partial charge in [-0.25, -0.2) is 0 Å². The Morgan fingerprint density at radius 3 is 2.89 bits per heavy atom. The number of carbonyl (C=O) groups is 1. The van der Waals surface area contributed by atoms with E-state index in [1.54, 1.807) is 0 Å². The van der Waals surface area contributed by atoms with Crippen molar-refractivity contribution in [3.8, 4) is 0 Å². The molecule has 1 fully saturated rings. The van der Waals surface area contributed by atoms with Gasteiger partial charge in [0.15, 0.2) is 0 Å². The average molecular weight is 360 g/mol. The number of anilines is 3. The van der Waals surface area contributed by atoms with Crippen LogP contribution in [0.1, 0.15) is 36.8 Å². The Kier molecular flexibility index (Phi) is 3.72. The molecule has 2 aromatic carbocycles. The number of carbonyl (C=O) groups excluding carboxylic acids is 1. The van der Waals surface area contributed by atoms with E-state index in [0.717, 1.165) is 36.4 Å². The van der Waals surface area contributed by atoms with Gasteiger partial charge in [0.1, 0.15) is 5.82 Å². The van der Waals surface area contributed by atoms with Crippen LogP contribution in [0.15, 0.2) is 42.5 Å². The summed E-state index contributed by atoms with van der Waals surface area (Å²) in [6.07, 6.45) is 1.97. The van der Waals surface area contributed by atoms with Gasteiger partial charge in [-0.3, -0.25) is 4.79 Å². The Hall–Kier alpha value is -2.79. The highest BCUT2D eigenvalue weighted by molar-refractivity contribution is 5.97. The van der Waals surface area contributed by atoms with Crippen LogP contribution in [0, 0.1) is 0 Å². The summed E-state index contributed by atoms with van der Waals surface area (Å²) in [5.74, 6) is 1.48. The van der Waals surface area contributed by atoms with E-state index in [9.17, 15) is 4.79 Å². The van der Waals surface area contributed by atoms with E-state index >= 15 is 0 Å². The zero-order chi connectivity index (χ0) is 18.5. The molecule has 0 bridgehead atoms. The average Bonchev–Trinajstić information content (AvgIpc) is 3.34. The summed E-state index contributed by atoms with van der Waals surface area (Å²) in [6.45, 7) is 3.17. The smallest absolute Gasteiger partial charge is 0.241 e. The van der Waals surface area contributed by atoms with Crippen molar-refractivity contribution < 1.29 is 4.79 Å². The van der Waals surface area contributed by atoms with Crippen LogP contribution in [-0.4, -0.2) is 30.5 Å². The molecule has 0 spiro atoms. The van der Waals surface area contributed by atoms with Crippen molar-refractivity contribution in [3.05, 3.63) is 53.6 Å². The standard InChI is InChI=1S/C22H24N4O/c1-13-16-12-14(24-22(27)18-8-5-11-23-18)9-10-19(16)26(2)21-20(13)15-6-3-4-7-17(15)25-21/h3-4,6-7,9-10,12-13,18,23,25H,5,8,11H2,1-2H3,(H,24,27)/t13?,18-/m0/s1. The maximum Gasteiger partial charge on any atom is 0.241 e. The fraction of sp³-hybridized carbons (Fsp3) is 0.318. The number of nitrogens with one attached hydrogen (secondary N) is 3. The Morgan fingerprint density at radius 2 is 2.07 bits per heavy atom. The quantitative estimate of drug-likeness (QED) is 0.645. The summed E-state index contributed by atoms with van der Waals surface area (Å²) < 4.78 is 0. The molecule has 0 aliphatic carbocycles. The molecule has 1 amide bonds. The lowest BCUT2D eigenvalue weighted by Crippen LogP contribution is -2.35. The second-order valence-electron chi connectivity index (χ2n) is 7.63. The minimum Gasteiger partial charge on any atom is -0.341 e. The van der Waals surface area contributed by atoms with Crippen LogP contribution in [0.5, 0.6) is 0 Å². The Morgan fingerprint density at radius 1 is 1.22 bits per heavy atom. The molecule has 3 heterocycles. The molecule has 0 saturated carbocycles. The van der Waals surface area contributed by atoms with E-state index in [4.69, 9.17) is 0 Å². The van der Waals surface area contributed by atoms with Crippen molar-refractivity contribution in [2.24, 2.45) is 0 Å². The number of rotatable bonds is 2. The van der Waals surface area contributed by atoms with Crippen molar-refractivity contribution in [1.29, 1.82) is 0 Å². The molecule has 2 aliphatic heterocycles. The van der Waals surface area contributed by atoms with Crippen LogP contribution in [0.3, 0.4) is 0 Å². The number of hydrogen-bond acceptors (Lipinski definition) is 3. The topological polar surface area (TPSA) is 60.2 Å². The first-order valence-corrected chi connectivity index (χ1v) is 9.66. The van der Waals surface area contributed by atoms with Gasteiger partial charge in [-0.2, -0.15) is 0 Å². The first-order valence-electron chi connectivity index (χ1n) is 9.66. The molecular weight excluding hydrogens is 336 g/mol. The molecule has 27 heavy (non-hydrogen) atoms. The molecule has 0 radical (unpaired) electrons. The van der Waals surface area contributed by atoms with Gasteiger partial charge >= 0.3 is 0 Å². The van der Waals surface area contributed by atoms with Gasteiger partial charge in [-0.15, -0.1) is 0 Å². The summed E-state index contributed by atoms with van der Waals surface area (Å²) in [5, 5.41) is 7.62. The SMILES string of the molecule is CC1c2cc(NC(=O)[C@@H]3CCCN3)ccc2N(C)c2[nH]c3ccccc3c21. The molecule has 1 saturated heterocycles. The van der Waals surface area contributed by atoms with Gasteiger partial charge < -0.3 is 20.5 Å². The third kappa shape index (κ3) is 2.53. The van der Waals surface area contributed by atoms with Crippen LogP contribution in [0.2, 0.25) is 0 Å². The van der Waals surface area contributed by atoms with E-state index in [1.165, 1.54) is 22.2 Å². The van der Waals surface area contributed by atoms with E-state index in [1.807, 2.05) is 6.07 Å². The molecular formula is C22H24N4O. The molecule has 1 unspecified atom stereocenters. The third-order valence-corrected chi connectivity index (χ3v) is 5.99. The lowest BCUT2D eigenvalue weighted by Gasteiger charge is -2.32. The van der Waals surface area contributed by atoms with Crippen LogP contribution >= 0.6 is 0 Å². The number of aromatic amines is 1. The highest BCUT2D eigenvalue weighted by Crippen LogP contribution is 2.47. The summed E-state index contributed by atoms with van der Waals surface area (Å²) >= 11 is 0. The summed E-state index contributed by atoms with van der Waals surface area (Å²) in [6, 6.07) is 14.6. The van der Waals surface area contributed by atoms with Crippen LogP contribution in [-0.2, 0) is 4.79 Å². The zero-order valence-electron chi connectivity index (χ0n) is 15.7. The van der Waals surface area contributed by atoms with Crippen molar-refractivity contribution in [3.63, 3.8) is 0 Å². The molecule has 3 aromatic rings. The molecule has 5 heteroatoms. The highest BCUT2D eigenvalue weighted by atomic mass is 16.2. The predicted octanol–water partition coefficient (Wildman–Crippen LogP) is 4.09. The zero-order valence-corrected chi connectivity index (χ0v) is 15.7. The van der Waals surface area contributed by atoms with Gasteiger partial charge in [0.2, 0.25) is 5.91 Å². The highest BCUT2D eigenvalue weighted by Gasteiger charge is 2.30. The number of fused-ring (bicyclic) bond motifs is 4. The molecule has 1 aromatic heterocycles. The van der Waals surface area contributed by atoms with E-state index in [0.29, 0.717) is 0 Å². The van der Waals surface area contributed by atoms with E-state index in [2.05, 4.69) is 70.9 Å². The maximum atomic E-state index is 12.5.